The highest BCUT2D eigenvalue weighted by molar-refractivity contribution is 7.89. The molecule has 1 unspecified atom stereocenters. The molecule has 0 aromatic carbocycles. The van der Waals surface area contributed by atoms with E-state index in [1.807, 2.05) is 6.92 Å². The van der Waals surface area contributed by atoms with E-state index in [0.29, 0.717) is 12.8 Å². The van der Waals surface area contributed by atoms with Crippen molar-refractivity contribution in [3.05, 3.63) is 0 Å². The molecule has 0 saturated heterocycles. The van der Waals surface area contributed by atoms with Gasteiger partial charge in [0.1, 0.15) is 0 Å². The number of nitrogens with one attached hydrogen (secondary N) is 1. The smallest absolute Gasteiger partial charge is 0.305 e. The summed E-state index contributed by atoms with van der Waals surface area (Å²) in [6, 6.07) is -0.286. The number of hydrogen-bond acceptors (Lipinski definition) is 5. The van der Waals surface area contributed by atoms with Crippen molar-refractivity contribution >= 4 is 33.2 Å². The van der Waals surface area contributed by atoms with E-state index in [1.54, 1.807) is 0 Å². The molecular weight excluding hydrogens is 276 g/mol. The third-order valence-electron chi connectivity index (χ3n) is 2.31. The summed E-state index contributed by atoms with van der Waals surface area (Å²) in [5, 5.41) is 0. The lowest BCUT2D eigenvalue weighted by Gasteiger charge is -2.16. The maximum absolute atomic E-state index is 11.7. The lowest BCUT2D eigenvalue weighted by Crippen LogP contribution is -2.38. The van der Waals surface area contributed by atoms with Gasteiger partial charge in [-0.05, 0) is 12.8 Å². The molecule has 0 aromatic heterocycles. The van der Waals surface area contributed by atoms with Gasteiger partial charge < -0.3 is 10.5 Å². The van der Waals surface area contributed by atoms with Crippen LogP contribution >= 0.6 is 12.2 Å². The van der Waals surface area contributed by atoms with E-state index in [-0.39, 0.29) is 29.6 Å². The van der Waals surface area contributed by atoms with Gasteiger partial charge in [-0.15, -0.1) is 0 Å². The lowest BCUT2D eigenvalue weighted by atomic mass is 10.2. The second-order valence-electron chi connectivity index (χ2n) is 3.89. The molecule has 0 aromatic rings. The van der Waals surface area contributed by atoms with Gasteiger partial charge in [0.25, 0.3) is 0 Å². The van der Waals surface area contributed by atoms with E-state index in [0.717, 1.165) is 0 Å². The SMILES string of the molecule is CCC(CC(N)=S)NS(=O)(=O)CCCC(=O)OC. The van der Waals surface area contributed by atoms with Crippen LogP contribution in [0.3, 0.4) is 0 Å². The second kappa shape index (κ2) is 8.39. The van der Waals surface area contributed by atoms with Crippen molar-refractivity contribution in [3.8, 4) is 0 Å². The topological polar surface area (TPSA) is 98.5 Å². The van der Waals surface area contributed by atoms with Crippen LogP contribution in [0.4, 0.5) is 0 Å². The van der Waals surface area contributed by atoms with Gasteiger partial charge in [-0.2, -0.15) is 0 Å². The third kappa shape index (κ3) is 8.37. The Labute approximate surface area is 113 Å². The molecule has 0 heterocycles. The molecule has 6 nitrogen and oxygen atoms in total. The van der Waals surface area contributed by atoms with Crippen molar-refractivity contribution in [2.24, 2.45) is 5.73 Å². The molecule has 0 rings (SSSR count). The number of sulfonamides is 1. The van der Waals surface area contributed by atoms with E-state index >= 15 is 0 Å². The molecule has 0 amide bonds. The van der Waals surface area contributed by atoms with Crippen LogP contribution in [-0.4, -0.2) is 38.3 Å². The predicted molar refractivity (Wildman–Crippen MR) is 73.7 cm³/mol. The first kappa shape index (κ1) is 17.3. The van der Waals surface area contributed by atoms with Crippen molar-refractivity contribution in [3.63, 3.8) is 0 Å². The van der Waals surface area contributed by atoms with Crippen LogP contribution in [0.1, 0.15) is 32.6 Å². The van der Waals surface area contributed by atoms with Gasteiger partial charge in [0, 0.05) is 18.9 Å². The molecule has 0 bridgehead atoms. The van der Waals surface area contributed by atoms with Crippen molar-refractivity contribution in [2.45, 2.75) is 38.6 Å². The van der Waals surface area contributed by atoms with Gasteiger partial charge in [-0.1, -0.05) is 19.1 Å². The van der Waals surface area contributed by atoms with Crippen LogP contribution in [0, 0.1) is 0 Å². The Kier molecular flexibility index (Phi) is 8.05. The summed E-state index contributed by atoms with van der Waals surface area (Å²) < 4.78 is 30.4. The second-order valence-corrected chi connectivity index (χ2v) is 6.29. The van der Waals surface area contributed by atoms with E-state index in [9.17, 15) is 13.2 Å². The number of carbonyl (C=O) groups is 1. The van der Waals surface area contributed by atoms with Crippen molar-refractivity contribution in [2.75, 3.05) is 12.9 Å². The maximum Gasteiger partial charge on any atom is 0.305 e. The molecule has 8 heteroatoms. The summed E-state index contributed by atoms with van der Waals surface area (Å²) in [5.74, 6) is -0.531. The highest BCUT2D eigenvalue weighted by Gasteiger charge is 2.17. The van der Waals surface area contributed by atoms with E-state index in [2.05, 4.69) is 9.46 Å². The first-order chi connectivity index (χ1) is 8.30. The first-order valence-electron chi connectivity index (χ1n) is 5.65. The van der Waals surface area contributed by atoms with Gasteiger partial charge in [-0.3, -0.25) is 4.79 Å². The number of methoxy groups -OCH3 is 1. The van der Waals surface area contributed by atoms with Gasteiger partial charge in [0.15, 0.2) is 0 Å². The number of esters is 1. The maximum atomic E-state index is 11.7. The van der Waals surface area contributed by atoms with Gasteiger partial charge in [0.05, 0.1) is 17.9 Å². The Hall–Kier alpha value is -0.730. The number of thiocarbonyl (C=S) groups is 1. The van der Waals surface area contributed by atoms with Gasteiger partial charge in [-0.25, -0.2) is 13.1 Å². The number of rotatable bonds is 9. The first-order valence-corrected chi connectivity index (χ1v) is 7.72. The zero-order valence-corrected chi connectivity index (χ0v) is 12.3. The van der Waals surface area contributed by atoms with Gasteiger partial charge in [0.2, 0.25) is 10.0 Å². The monoisotopic (exact) mass is 296 g/mol. The largest absolute Gasteiger partial charge is 0.469 e. The molecule has 0 aliphatic heterocycles. The van der Waals surface area contributed by atoms with Crippen LogP contribution in [0.2, 0.25) is 0 Å². The Morgan fingerprint density at radius 1 is 1.50 bits per heavy atom. The molecule has 0 spiro atoms. The molecule has 0 radical (unpaired) electrons. The quantitative estimate of drug-likeness (QED) is 0.469. The Morgan fingerprint density at radius 3 is 2.56 bits per heavy atom. The molecule has 0 aliphatic rings. The average molecular weight is 296 g/mol. The van der Waals surface area contributed by atoms with Crippen LogP contribution in [0.15, 0.2) is 0 Å². The molecule has 0 aliphatic carbocycles. The fraction of sp³-hybridized carbons (Fsp3) is 0.800. The molecule has 3 N–H and O–H groups in total. The summed E-state index contributed by atoms with van der Waals surface area (Å²) in [6.07, 6.45) is 1.25. The molecule has 106 valence electrons. The number of nitrogens with two attached hydrogens (primary N) is 1. The molecule has 0 fully saturated rings. The third-order valence-corrected chi connectivity index (χ3v) is 3.99. The van der Waals surface area contributed by atoms with Crippen LogP contribution in [-0.2, 0) is 19.6 Å². The summed E-state index contributed by atoms with van der Waals surface area (Å²) >= 11 is 4.75. The van der Waals surface area contributed by atoms with Crippen LogP contribution in [0.5, 0.6) is 0 Å². The Balaban J connectivity index is 4.20. The Bertz CT molecular complexity index is 381. The van der Waals surface area contributed by atoms with Crippen molar-refractivity contribution in [1.82, 2.24) is 4.72 Å². The molecule has 0 saturated carbocycles. The minimum atomic E-state index is -3.42. The van der Waals surface area contributed by atoms with Crippen molar-refractivity contribution in [1.29, 1.82) is 0 Å². The normalized spacial score (nSPS) is 13.0. The van der Waals surface area contributed by atoms with Crippen LogP contribution in [0.25, 0.3) is 0 Å². The lowest BCUT2D eigenvalue weighted by molar-refractivity contribution is -0.140. The minimum Gasteiger partial charge on any atom is -0.469 e. The van der Waals surface area contributed by atoms with Crippen molar-refractivity contribution < 1.29 is 17.9 Å². The standard InChI is InChI=1S/C10H20N2O4S2/c1-3-8(7-9(11)17)12-18(14,15)6-4-5-10(13)16-2/h8,12H,3-7H2,1-2H3,(H2,11,17). The molecular formula is C10H20N2O4S2. The summed E-state index contributed by atoms with van der Waals surface area (Å²) in [4.78, 5) is 11.1. The van der Waals surface area contributed by atoms with E-state index < -0.39 is 16.0 Å². The fourth-order valence-corrected chi connectivity index (χ4v) is 2.93. The highest BCUT2D eigenvalue weighted by Crippen LogP contribution is 2.03. The van der Waals surface area contributed by atoms with Gasteiger partial charge >= 0.3 is 5.97 Å². The summed E-state index contributed by atoms with van der Waals surface area (Å²) in [5.41, 5.74) is 5.38. The zero-order valence-electron chi connectivity index (χ0n) is 10.6. The van der Waals surface area contributed by atoms with E-state index in [1.165, 1.54) is 7.11 Å². The average Bonchev–Trinajstić information content (AvgIpc) is 2.26. The summed E-state index contributed by atoms with van der Waals surface area (Å²) in [6.45, 7) is 1.85. The van der Waals surface area contributed by atoms with Crippen LogP contribution < -0.4 is 10.5 Å². The fourth-order valence-electron chi connectivity index (χ4n) is 1.33. The van der Waals surface area contributed by atoms with E-state index in [4.69, 9.17) is 18.0 Å². The summed E-state index contributed by atoms with van der Waals surface area (Å²) in [7, 11) is -2.15. The number of hydrogen-bond donors (Lipinski definition) is 2. The zero-order chi connectivity index (χ0) is 14.2. The predicted octanol–water partition coefficient (Wildman–Crippen LogP) is 0.314. The minimum absolute atomic E-state index is 0.0868. The molecule has 18 heavy (non-hydrogen) atoms. The number of ether oxygens (including phenoxy) is 1. The molecule has 1 atom stereocenters. The highest BCUT2D eigenvalue weighted by atomic mass is 32.2. The number of carbonyl (C=O) groups excluding carboxylic acids is 1. The Morgan fingerprint density at radius 2 is 2.11 bits per heavy atom.